The van der Waals surface area contributed by atoms with E-state index in [2.05, 4.69) is 15.5 Å². The van der Waals surface area contributed by atoms with Gasteiger partial charge in [-0.15, -0.1) is 0 Å². The van der Waals surface area contributed by atoms with E-state index in [1.807, 2.05) is 0 Å². The first-order valence-electron chi connectivity index (χ1n) is 7.31. The summed E-state index contributed by atoms with van der Waals surface area (Å²) >= 11 is 0. The highest BCUT2D eigenvalue weighted by Gasteiger charge is 2.12. The van der Waals surface area contributed by atoms with E-state index in [0.29, 0.717) is 17.1 Å². The lowest BCUT2D eigenvalue weighted by molar-refractivity contribution is -0.384. The first-order chi connectivity index (χ1) is 11.9. The van der Waals surface area contributed by atoms with Gasteiger partial charge in [0, 0.05) is 31.2 Å². The number of rotatable bonds is 5. The van der Waals surface area contributed by atoms with Gasteiger partial charge in [0.05, 0.1) is 22.2 Å². The van der Waals surface area contributed by atoms with Gasteiger partial charge < -0.3 is 9.84 Å². The van der Waals surface area contributed by atoms with Crippen LogP contribution in [0.5, 0.6) is 0 Å². The lowest BCUT2D eigenvalue weighted by Crippen LogP contribution is -2.23. The number of fused-ring (bicyclic) bond motifs is 1. The summed E-state index contributed by atoms with van der Waals surface area (Å²) in [5.41, 5.74) is -0.281. The van der Waals surface area contributed by atoms with Crippen LogP contribution in [0.25, 0.3) is 10.9 Å². The Labute approximate surface area is 140 Å². The molecule has 0 spiro atoms. The highest BCUT2D eigenvalue weighted by Crippen LogP contribution is 2.16. The number of hydrogen-bond donors (Lipinski definition) is 1. The maximum absolute atomic E-state index is 12.4. The minimum Gasteiger partial charge on any atom is -0.360 e. The number of aromatic nitrogens is 3. The van der Waals surface area contributed by atoms with Crippen LogP contribution in [0.2, 0.25) is 0 Å². The van der Waals surface area contributed by atoms with Gasteiger partial charge in [-0.05, 0) is 13.0 Å². The fourth-order valence-corrected chi connectivity index (χ4v) is 2.27. The summed E-state index contributed by atoms with van der Waals surface area (Å²) in [5.74, 6) is 0.508. The third kappa shape index (κ3) is 3.52. The average molecular weight is 343 g/mol. The molecule has 2 heterocycles. The number of carbonyl (C=O) groups excluding carboxylic acids is 1. The highest BCUT2D eigenvalue weighted by molar-refractivity contribution is 5.89. The molecule has 2 aromatic heterocycles. The van der Waals surface area contributed by atoms with Crippen LogP contribution in [-0.4, -0.2) is 25.5 Å². The smallest absolute Gasteiger partial charge is 0.270 e. The van der Waals surface area contributed by atoms with E-state index in [1.54, 1.807) is 13.0 Å². The second-order valence-electron chi connectivity index (χ2n) is 5.32. The zero-order chi connectivity index (χ0) is 18.0. The van der Waals surface area contributed by atoms with Crippen LogP contribution < -0.4 is 10.9 Å². The molecule has 3 rings (SSSR count). The number of carbonyl (C=O) groups is 1. The van der Waals surface area contributed by atoms with Crippen LogP contribution in [0.4, 0.5) is 11.5 Å². The molecule has 10 nitrogen and oxygen atoms in total. The summed E-state index contributed by atoms with van der Waals surface area (Å²) in [5, 5.41) is 17.2. The fraction of sp³-hybridized carbons (Fsp3) is 0.200. The first-order valence-corrected chi connectivity index (χ1v) is 7.31. The summed E-state index contributed by atoms with van der Waals surface area (Å²) in [6, 6.07) is 5.45. The molecule has 25 heavy (non-hydrogen) atoms. The van der Waals surface area contributed by atoms with Crippen LogP contribution in [-0.2, 0) is 11.3 Å². The summed E-state index contributed by atoms with van der Waals surface area (Å²) in [6.07, 6.45) is 1.32. The van der Waals surface area contributed by atoms with Gasteiger partial charge in [0.15, 0.2) is 5.82 Å². The van der Waals surface area contributed by atoms with Crippen molar-refractivity contribution in [1.82, 2.24) is 14.7 Å². The standard InChI is InChI=1S/C15H13N5O5/c1-9-6-13(18-25-9)17-14(21)4-5-19-8-16-12-3-2-10(20(23)24)7-11(12)15(19)22/h2-3,6-8H,4-5H2,1H3,(H,17,18,21). The number of aryl methyl sites for hydroxylation is 2. The minimum absolute atomic E-state index is 0.00786. The Bertz CT molecular complexity index is 1020. The zero-order valence-electron chi connectivity index (χ0n) is 13.1. The number of nitrogens with zero attached hydrogens (tertiary/aromatic N) is 4. The molecule has 0 aliphatic heterocycles. The molecule has 128 valence electrons. The number of nitrogens with one attached hydrogen (secondary N) is 1. The van der Waals surface area contributed by atoms with Crippen LogP contribution >= 0.6 is 0 Å². The second-order valence-corrected chi connectivity index (χ2v) is 5.32. The first kappa shape index (κ1) is 16.3. The summed E-state index contributed by atoms with van der Waals surface area (Å²) in [4.78, 5) is 38.7. The number of benzene rings is 1. The number of amides is 1. The van der Waals surface area contributed by atoms with Crippen LogP contribution in [0.1, 0.15) is 12.2 Å². The molecule has 10 heteroatoms. The third-order valence-electron chi connectivity index (χ3n) is 3.49. The van der Waals surface area contributed by atoms with Crippen LogP contribution in [0, 0.1) is 17.0 Å². The molecule has 3 aromatic rings. The van der Waals surface area contributed by atoms with Gasteiger partial charge in [-0.3, -0.25) is 24.3 Å². The largest absolute Gasteiger partial charge is 0.360 e. The predicted octanol–water partition coefficient (Wildman–Crippen LogP) is 1.63. The molecule has 1 N–H and O–H groups in total. The van der Waals surface area contributed by atoms with Crippen molar-refractivity contribution in [3.05, 3.63) is 56.8 Å². The Kier molecular flexibility index (Phi) is 4.25. The van der Waals surface area contributed by atoms with E-state index in [4.69, 9.17) is 4.52 Å². The Hall–Kier alpha value is -3.56. The van der Waals surface area contributed by atoms with Gasteiger partial charge in [0.2, 0.25) is 5.91 Å². The van der Waals surface area contributed by atoms with Gasteiger partial charge in [0.25, 0.3) is 11.2 Å². The summed E-state index contributed by atoms with van der Waals surface area (Å²) in [6.45, 7) is 1.77. The molecule has 0 fully saturated rings. The minimum atomic E-state index is -0.580. The van der Waals surface area contributed by atoms with Gasteiger partial charge >= 0.3 is 0 Å². The zero-order valence-corrected chi connectivity index (χ0v) is 13.1. The fourth-order valence-electron chi connectivity index (χ4n) is 2.27. The van der Waals surface area contributed by atoms with Crippen LogP contribution in [0.15, 0.2) is 39.9 Å². The van der Waals surface area contributed by atoms with E-state index < -0.39 is 10.5 Å². The number of nitro groups is 1. The van der Waals surface area contributed by atoms with Crippen molar-refractivity contribution in [3.63, 3.8) is 0 Å². The van der Waals surface area contributed by atoms with Crippen LogP contribution in [0.3, 0.4) is 0 Å². The maximum Gasteiger partial charge on any atom is 0.270 e. The van der Waals surface area contributed by atoms with Gasteiger partial charge in [-0.25, -0.2) is 4.98 Å². The molecule has 0 aliphatic carbocycles. The van der Waals surface area contributed by atoms with Gasteiger partial charge in [-0.2, -0.15) is 0 Å². The molecule has 0 unspecified atom stereocenters. The monoisotopic (exact) mass is 343 g/mol. The number of hydrogen-bond acceptors (Lipinski definition) is 7. The molecule has 1 aromatic carbocycles. The quantitative estimate of drug-likeness (QED) is 0.549. The molecule has 0 atom stereocenters. The Morgan fingerprint density at radius 3 is 2.88 bits per heavy atom. The second kappa shape index (κ2) is 6.51. The Balaban J connectivity index is 1.77. The van der Waals surface area contributed by atoms with Crippen molar-refractivity contribution in [3.8, 4) is 0 Å². The predicted molar refractivity (Wildman–Crippen MR) is 87.1 cm³/mol. The van der Waals surface area contributed by atoms with Crippen molar-refractivity contribution in [1.29, 1.82) is 0 Å². The van der Waals surface area contributed by atoms with Crippen molar-refractivity contribution < 1.29 is 14.2 Å². The van der Waals surface area contributed by atoms with Crippen molar-refractivity contribution in [2.75, 3.05) is 5.32 Å². The Morgan fingerprint density at radius 2 is 2.20 bits per heavy atom. The van der Waals surface area contributed by atoms with Crippen molar-refractivity contribution >= 4 is 28.3 Å². The van der Waals surface area contributed by atoms with E-state index in [1.165, 1.54) is 29.1 Å². The molecule has 0 radical (unpaired) electrons. The van der Waals surface area contributed by atoms with E-state index in [-0.39, 0.29) is 29.9 Å². The van der Waals surface area contributed by atoms with Crippen molar-refractivity contribution in [2.24, 2.45) is 0 Å². The third-order valence-corrected chi connectivity index (χ3v) is 3.49. The van der Waals surface area contributed by atoms with E-state index in [9.17, 15) is 19.7 Å². The molecular weight excluding hydrogens is 330 g/mol. The molecule has 0 bridgehead atoms. The van der Waals surface area contributed by atoms with E-state index >= 15 is 0 Å². The van der Waals surface area contributed by atoms with Gasteiger partial charge in [-0.1, -0.05) is 5.16 Å². The lowest BCUT2D eigenvalue weighted by atomic mass is 10.2. The molecule has 0 saturated carbocycles. The SMILES string of the molecule is Cc1cc(NC(=O)CCn2cnc3ccc([N+](=O)[O-])cc3c2=O)no1. The summed E-state index contributed by atoms with van der Waals surface area (Å²) < 4.78 is 6.08. The summed E-state index contributed by atoms with van der Waals surface area (Å²) in [7, 11) is 0. The number of anilines is 1. The highest BCUT2D eigenvalue weighted by atomic mass is 16.6. The van der Waals surface area contributed by atoms with E-state index in [0.717, 1.165) is 0 Å². The van der Waals surface area contributed by atoms with Gasteiger partial charge in [0.1, 0.15) is 5.76 Å². The molecular formula is C15H13N5O5. The normalized spacial score (nSPS) is 10.8. The molecule has 0 saturated heterocycles. The maximum atomic E-state index is 12.4. The van der Waals surface area contributed by atoms with Crippen molar-refractivity contribution in [2.45, 2.75) is 19.9 Å². The Morgan fingerprint density at radius 1 is 1.40 bits per heavy atom. The molecule has 1 amide bonds. The topological polar surface area (TPSA) is 133 Å². The lowest BCUT2D eigenvalue weighted by Gasteiger charge is -2.06. The average Bonchev–Trinajstić information content (AvgIpc) is 2.98. The number of non-ortho nitro benzene ring substituents is 1. The number of nitro benzene ring substituents is 1. The molecule has 0 aliphatic rings.